The van der Waals surface area contributed by atoms with Crippen LogP contribution in [0, 0.1) is 6.92 Å². The lowest BCUT2D eigenvalue weighted by Gasteiger charge is -2.10. The summed E-state index contributed by atoms with van der Waals surface area (Å²) in [6.45, 7) is 4.07. The van der Waals surface area contributed by atoms with Gasteiger partial charge in [-0.2, -0.15) is 0 Å². The summed E-state index contributed by atoms with van der Waals surface area (Å²) in [5, 5.41) is 2.87. The normalized spacial score (nSPS) is 10.2. The molecule has 4 nitrogen and oxygen atoms in total. The van der Waals surface area contributed by atoms with E-state index in [4.69, 9.17) is 0 Å². The standard InChI is InChI=1S/C17H25NO3/c1-4-5-6-7-8-9-16(19)18-15-12-14(17(20)21-3)11-10-13(15)2/h10-12H,4-9H2,1-3H3,(H,18,19). The third-order valence-electron chi connectivity index (χ3n) is 3.44. The molecule has 0 unspecified atom stereocenters. The maximum absolute atomic E-state index is 11.9. The Hall–Kier alpha value is -1.84. The van der Waals surface area contributed by atoms with Gasteiger partial charge in [0.05, 0.1) is 12.7 Å². The fourth-order valence-corrected chi connectivity index (χ4v) is 2.10. The zero-order valence-corrected chi connectivity index (χ0v) is 13.2. The van der Waals surface area contributed by atoms with Crippen LogP contribution in [0.25, 0.3) is 0 Å². The number of rotatable bonds is 8. The van der Waals surface area contributed by atoms with Crippen molar-refractivity contribution in [2.24, 2.45) is 0 Å². The Bertz CT molecular complexity index is 483. The molecular formula is C17H25NO3. The van der Waals surface area contributed by atoms with E-state index in [-0.39, 0.29) is 5.91 Å². The second-order valence-electron chi connectivity index (χ2n) is 5.23. The van der Waals surface area contributed by atoms with Crippen LogP contribution in [0.4, 0.5) is 5.69 Å². The molecule has 1 aromatic carbocycles. The van der Waals surface area contributed by atoms with Crippen molar-refractivity contribution >= 4 is 17.6 Å². The lowest BCUT2D eigenvalue weighted by Crippen LogP contribution is -2.13. The van der Waals surface area contributed by atoms with Crippen LogP contribution in [0.15, 0.2) is 18.2 Å². The quantitative estimate of drug-likeness (QED) is 0.580. The van der Waals surface area contributed by atoms with Gasteiger partial charge in [-0.3, -0.25) is 4.79 Å². The summed E-state index contributed by atoms with van der Waals surface area (Å²) in [7, 11) is 1.34. The molecule has 0 aromatic heterocycles. The fourth-order valence-electron chi connectivity index (χ4n) is 2.10. The summed E-state index contributed by atoms with van der Waals surface area (Å²) in [4.78, 5) is 23.4. The predicted octanol–water partition coefficient (Wildman–Crippen LogP) is 4.08. The summed E-state index contributed by atoms with van der Waals surface area (Å²) >= 11 is 0. The first-order valence-corrected chi connectivity index (χ1v) is 7.57. The molecule has 1 N–H and O–H groups in total. The molecule has 1 aromatic rings. The lowest BCUT2D eigenvalue weighted by atomic mass is 10.1. The highest BCUT2D eigenvalue weighted by atomic mass is 16.5. The molecule has 1 amide bonds. The summed E-state index contributed by atoms with van der Waals surface area (Å²) in [5.74, 6) is -0.401. The van der Waals surface area contributed by atoms with E-state index in [1.54, 1.807) is 12.1 Å². The average Bonchev–Trinajstić information content (AvgIpc) is 2.48. The largest absolute Gasteiger partial charge is 0.465 e. The molecule has 0 aliphatic carbocycles. The number of aryl methyl sites for hydroxylation is 1. The number of ether oxygens (including phenoxy) is 1. The molecule has 0 aliphatic heterocycles. The first-order chi connectivity index (χ1) is 10.1. The first-order valence-electron chi connectivity index (χ1n) is 7.57. The molecule has 0 atom stereocenters. The minimum Gasteiger partial charge on any atom is -0.465 e. The Morgan fingerprint density at radius 2 is 1.86 bits per heavy atom. The van der Waals surface area contributed by atoms with Crippen LogP contribution in [-0.4, -0.2) is 19.0 Å². The maximum Gasteiger partial charge on any atom is 0.337 e. The zero-order chi connectivity index (χ0) is 15.7. The van der Waals surface area contributed by atoms with E-state index < -0.39 is 5.97 Å². The number of methoxy groups -OCH3 is 1. The van der Waals surface area contributed by atoms with Crippen LogP contribution in [-0.2, 0) is 9.53 Å². The van der Waals surface area contributed by atoms with Gasteiger partial charge in [0, 0.05) is 12.1 Å². The molecule has 4 heteroatoms. The number of nitrogens with one attached hydrogen (secondary N) is 1. The van der Waals surface area contributed by atoms with Gasteiger partial charge < -0.3 is 10.1 Å². The second kappa shape index (κ2) is 9.16. The summed E-state index contributed by atoms with van der Waals surface area (Å²) < 4.78 is 4.69. The molecule has 0 spiro atoms. The Balaban J connectivity index is 2.53. The van der Waals surface area contributed by atoms with Gasteiger partial charge in [-0.05, 0) is 31.0 Å². The molecule has 0 heterocycles. The molecule has 116 valence electrons. The van der Waals surface area contributed by atoms with Crippen LogP contribution < -0.4 is 5.32 Å². The fraction of sp³-hybridized carbons (Fsp3) is 0.529. The number of unbranched alkanes of at least 4 members (excludes halogenated alkanes) is 4. The van der Waals surface area contributed by atoms with Gasteiger partial charge in [-0.1, -0.05) is 38.7 Å². The highest BCUT2D eigenvalue weighted by Gasteiger charge is 2.10. The molecule has 1 rings (SSSR count). The number of benzene rings is 1. The number of carbonyl (C=O) groups excluding carboxylic acids is 2. The van der Waals surface area contributed by atoms with Gasteiger partial charge in [-0.25, -0.2) is 4.79 Å². The van der Waals surface area contributed by atoms with Crippen molar-refractivity contribution in [1.82, 2.24) is 0 Å². The number of hydrogen-bond acceptors (Lipinski definition) is 3. The van der Waals surface area contributed by atoms with Gasteiger partial charge in [0.2, 0.25) is 5.91 Å². The van der Waals surface area contributed by atoms with E-state index in [1.165, 1.54) is 26.4 Å². The molecule has 0 saturated carbocycles. The van der Waals surface area contributed by atoms with Crippen LogP contribution in [0.1, 0.15) is 61.4 Å². The third kappa shape index (κ3) is 5.98. The lowest BCUT2D eigenvalue weighted by molar-refractivity contribution is -0.116. The molecule has 0 saturated heterocycles. The Morgan fingerprint density at radius 3 is 2.52 bits per heavy atom. The van der Waals surface area contributed by atoms with Crippen molar-refractivity contribution < 1.29 is 14.3 Å². The molecule has 0 bridgehead atoms. The number of carbonyl (C=O) groups is 2. The summed E-state index contributed by atoms with van der Waals surface area (Å²) in [6, 6.07) is 5.17. The van der Waals surface area contributed by atoms with Gasteiger partial charge >= 0.3 is 5.97 Å². The van der Waals surface area contributed by atoms with Crippen LogP contribution in [0.5, 0.6) is 0 Å². The van der Waals surface area contributed by atoms with E-state index >= 15 is 0 Å². The average molecular weight is 291 g/mol. The van der Waals surface area contributed by atoms with Gasteiger partial charge in [0.1, 0.15) is 0 Å². The van der Waals surface area contributed by atoms with Crippen molar-refractivity contribution in [2.75, 3.05) is 12.4 Å². The van der Waals surface area contributed by atoms with Crippen LogP contribution >= 0.6 is 0 Å². The molecule has 0 aliphatic rings. The first kappa shape index (κ1) is 17.2. The van der Waals surface area contributed by atoms with Crippen molar-refractivity contribution in [2.45, 2.75) is 52.4 Å². The van der Waals surface area contributed by atoms with Crippen LogP contribution in [0.3, 0.4) is 0 Å². The van der Waals surface area contributed by atoms with Gasteiger partial charge in [0.25, 0.3) is 0 Å². The maximum atomic E-state index is 11.9. The number of hydrogen-bond donors (Lipinski definition) is 1. The third-order valence-corrected chi connectivity index (χ3v) is 3.44. The van der Waals surface area contributed by atoms with E-state index in [1.807, 2.05) is 13.0 Å². The van der Waals surface area contributed by atoms with E-state index in [2.05, 4.69) is 17.0 Å². The van der Waals surface area contributed by atoms with E-state index in [0.29, 0.717) is 17.7 Å². The SMILES string of the molecule is CCCCCCCC(=O)Nc1cc(C(=O)OC)ccc1C. The number of esters is 1. The predicted molar refractivity (Wildman–Crippen MR) is 84.5 cm³/mol. The monoisotopic (exact) mass is 291 g/mol. The number of amides is 1. The minimum atomic E-state index is -0.398. The second-order valence-corrected chi connectivity index (χ2v) is 5.23. The molecular weight excluding hydrogens is 266 g/mol. The minimum absolute atomic E-state index is 0.00313. The Kier molecular flexibility index (Phi) is 7.51. The summed E-state index contributed by atoms with van der Waals surface area (Å²) in [6.07, 6.45) is 6.11. The van der Waals surface area contributed by atoms with Crippen molar-refractivity contribution in [3.63, 3.8) is 0 Å². The zero-order valence-electron chi connectivity index (χ0n) is 13.2. The highest BCUT2D eigenvalue weighted by Crippen LogP contribution is 2.18. The topological polar surface area (TPSA) is 55.4 Å². The molecule has 21 heavy (non-hydrogen) atoms. The highest BCUT2D eigenvalue weighted by molar-refractivity contribution is 5.95. The number of anilines is 1. The Morgan fingerprint density at radius 1 is 1.14 bits per heavy atom. The summed E-state index contributed by atoms with van der Waals surface area (Å²) in [5.41, 5.74) is 2.06. The van der Waals surface area contributed by atoms with E-state index in [0.717, 1.165) is 18.4 Å². The molecule has 0 radical (unpaired) electrons. The van der Waals surface area contributed by atoms with Gasteiger partial charge in [-0.15, -0.1) is 0 Å². The van der Waals surface area contributed by atoms with Crippen molar-refractivity contribution in [3.8, 4) is 0 Å². The molecule has 0 fully saturated rings. The van der Waals surface area contributed by atoms with Crippen molar-refractivity contribution in [3.05, 3.63) is 29.3 Å². The smallest absolute Gasteiger partial charge is 0.337 e. The van der Waals surface area contributed by atoms with Gasteiger partial charge in [0.15, 0.2) is 0 Å². The van der Waals surface area contributed by atoms with Crippen molar-refractivity contribution in [1.29, 1.82) is 0 Å². The van der Waals surface area contributed by atoms with Crippen LogP contribution in [0.2, 0.25) is 0 Å². The van der Waals surface area contributed by atoms with E-state index in [9.17, 15) is 9.59 Å². The Labute approximate surface area is 126 Å².